The molecule has 0 radical (unpaired) electrons. The Morgan fingerprint density at radius 1 is 1.06 bits per heavy atom. The van der Waals surface area contributed by atoms with Crippen molar-refractivity contribution in [1.29, 1.82) is 0 Å². The second kappa shape index (κ2) is 7.28. The zero-order valence-electron chi connectivity index (χ0n) is 16.5. The van der Waals surface area contributed by atoms with E-state index in [2.05, 4.69) is 10.2 Å². The number of aromatic nitrogens is 2. The highest BCUT2D eigenvalue weighted by Crippen LogP contribution is 2.46. The van der Waals surface area contributed by atoms with Crippen LogP contribution in [-0.4, -0.2) is 28.3 Å². The highest BCUT2D eigenvalue weighted by atomic mass is 19.1. The molecule has 31 heavy (non-hydrogen) atoms. The van der Waals surface area contributed by atoms with E-state index in [1.165, 1.54) is 25.3 Å². The molecule has 154 valence electrons. The Hall–Kier alpha value is -4.13. The summed E-state index contributed by atoms with van der Waals surface area (Å²) < 4.78 is 18.8. The van der Waals surface area contributed by atoms with Gasteiger partial charge in [-0.15, -0.1) is 0 Å². The number of carbonyl (C=O) groups is 1. The van der Waals surface area contributed by atoms with Crippen LogP contribution >= 0.6 is 0 Å². The van der Waals surface area contributed by atoms with E-state index in [-0.39, 0.29) is 17.5 Å². The average Bonchev–Trinajstić information content (AvgIpc) is 3.34. The molecule has 0 fully saturated rings. The molecule has 3 aromatic carbocycles. The number of aromatic hydroxyl groups is 1. The lowest BCUT2D eigenvalue weighted by Crippen LogP contribution is -2.29. The topological polar surface area (TPSA) is 78.5 Å². The van der Waals surface area contributed by atoms with Crippen LogP contribution in [0.25, 0.3) is 11.3 Å². The molecular weight excluding hydrogens is 397 g/mol. The van der Waals surface area contributed by atoms with Crippen molar-refractivity contribution in [1.82, 2.24) is 10.2 Å². The van der Waals surface area contributed by atoms with E-state index >= 15 is 0 Å². The maximum absolute atomic E-state index is 13.5. The van der Waals surface area contributed by atoms with Gasteiger partial charge in [-0.1, -0.05) is 24.3 Å². The number of amides is 1. The first-order valence-corrected chi connectivity index (χ1v) is 9.68. The minimum absolute atomic E-state index is 0.00742. The van der Waals surface area contributed by atoms with Gasteiger partial charge in [0.05, 0.1) is 18.8 Å². The Labute approximate surface area is 177 Å². The van der Waals surface area contributed by atoms with Crippen molar-refractivity contribution in [3.8, 4) is 22.8 Å². The largest absolute Gasteiger partial charge is 0.504 e. The smallest absolute Gasteiger partial charge is 0.277 e. The lowest BCUT2D eigenvalue weighted by Gasteiger charge is -2.27. The normalized spacial score (nSPS) is 15.2. The second-order valence-electron chi connectivity index (χ2n) is 7.21. The standard InChI is InChI=1S/C24H18FN3O3/c1-31-19-13-15(9-12-18(19)29)23-20-21(14-7-10-16(25)11-8-14)26-27-22(20)24(30)28(23)17-5-3-2-4-6-17/h2-13,23,29H,1H3,(H,26,27)/t23-/m0/s1. The number of rotatable bonds is 4. The summed E-state index contributed by atoms with van der Waals surface area (Å²) in [7, 11) is 1.47. The van der Waals surface area contributed by atoms with E-state index < -0.39 is 6.04 Å². The fourth-order valence-corrected chi connectivity index (χ4v) is 4.01. The van der Waals surface area contributed by atoms with Gasteiger partial charge >= 0.3 is 0 Å². The number of nitrogens with zero attached hydrogens (tertiary/aromatic N) is 2. The Morgan fingerprint density at radius 3 is 2.52 bits per heavy atom. The molecular formula is C24H18FN3O3. The summed E-state index contributed by atoms with van der Waals surface area (Å²) in [5, 5.41) is 17.3. The van der Waals surface area contributed by atoms with Crippen LogP contribution in [0, 0.1) is 5.82 Å². The summed E-state index contributed by atoms with van der Waals surface area (Å²) in [5.74, 6) is -0.261. The van der Waals surface area contributed by atoms with Crippen LogP contribution in [-0.2, 0) is 0 Å². The van der Waals surface area contributed by atoms with Crippen molar-refractivity contribution < 1.29 is 19.0 Å². The zero-order valence-corrected chi connectivity index (χ0v) is 16.5. The van der Waals surface area contributed by atoms with E-state index in [1.54, 1.807) is 29.2 Å². The molecule has 1 aromatic heterocycles. The molecule has 6 nitrogen and oxygen atoms in total. The van der Waals surface area contributed by atoms with Gasteiger partial charge in [0.2, 0.25) is 0 Å². The number of anilines is 1. The van der Waals surface area contributed by atoms with Gasteiger partial charge in [-0.3, -0.25) is 14.8 Å². The van der Waals surface area contributed by atoms with E-state index in [0.717, 1.165) is 11.3 Å². The fourth-order valence-electron chi connectivity index (χ4n) is 4.01. The molecule has 0 saturated heterocycles. The number of ether oxygens (including phenoxy) is 1. The van der Waals surface area contributed by atoms with Crippen LogP contribution in [0.4, 0.5) is 10.1 Å². The number of nitrogens with one attached hydrogen (secondary N) is 1. The van der Waals surface area contributed by atoms with E-state index in [9.17, 15) is 14.3 Å². The molecule has 1 atom stereocenters. The number of carbonyl (C=O) groups excluding carboxylic acids is 1. The van der Waals surface area contributed by atoms with Crippen LogP contribution < -0.4 is 9.64 Å². The Balaban J connectivity index is 1.73. The first-order valence-electron chi connectivity index (χ1n) is 9.68. The van der Waals surface area contributed by atoms with Gasteiger partial charge in [-0.2, -0.15) is 5.10 Å². The predicted molar refractivity (Wildman–Crippen MR) is 114 cm³/mol. The van der Waals surface area contributed by atoms with Crippen molar-refractivity contribution in [3.63, 3.8) is 0 Å². The van der Waals surface area contributed by atoms with Gasteiger partial charge in [0.15, 0.2) is 11.5 Å². The van der Waals surface area contributed by atoms with Crippen LogP contribution in [0.15, 0.2) is 72.8 Å². The molecule has 2 heterocycles. The predicted octanol–water partition coefficient (Wildman–Crippen LogP) is 4.68. The monoisotopic (exact) mass is 415 g/mol. The van der Waals surface area contributed by atoms with Gasteiger partial charge in [-0.05, 0) is 54.1 Å². The number of aromatic amines is 1. The van der Waals surface area contributed by atoms with E-state index in [0.29, 0.717) is 28.3 Å². The number of hydrogen-bond donors (Lipinski definition) is 2. The Kier molecular flexibility index (Phi) is 4.43. The lowest BCUT2D eigenvalue weighted by molar-refractivity contribution is 0.0988. The van der Waals surface area contributed by atoms with Gasteiger partial charge in [-0.25, -0.2) is 4.39 Å². The summed E-state index contributed by atoms with van der Waals surface area (Å²) >= 11 is 0. The van der Waals surface area contributed by atoms with Crippen LogP contribution in [0.1, 0.15) is 27.7 Å². The number of fused-ring (bicyclic) bond motifs is 1. The first kappa shape index (κ1) is 18.9. The third kappa shape index (κ3) is 3.02. The van der Waals surface area contributed by atoms with Crippen LogP contribution in [0.3, 0.4) is 0 Å². The molecule has 1 aliphatic heterocycles. The summed E-state index contributed by atoms with van der Waals surface area (Å²) in [6.45, 7) is 0. The SMILES string of the molecule is COc1cc([C@H]2c3c(-c4ccc(F)cc4)n[nH]c3C(=O)N2c2ccccc2)ccc1O. The maximum Gasteiger partial charge on any atom is 0.277 e. The average molecular weight is 415 g/mol. The number of hydrogen-bond acceptors (Lipinski definition) is 4. The number of H-pyrrole nitrogens is 1. The van der Waals surface area contributed by atoms with E-state index in [1.807, 2.05) is 30.3 Å². The zero-order chi connectivity index (χ0) is 21.5. The van der Waals surface area contributed by atoms with Crippen LogP contribution in [0.5, 0.6) is 11.5 Å². The third-order valence-electron chi connectivity index (χ3n) is 5.44. The Bertz CT molecular complexity index is 1270. The second-order valence-corrected chi connectivity index (χ2v) is 7.21. The molecule has 5 rings (SSSR count). The van der Waals surface area contributed by atoms with Crippen molar-refractivity contribution >= 4 is 11.6 Å². The molecule has 0 saturated carbocycles. The summed E-state index contributed by atoms with van der Waals surface area (Å²) in [4.78, 5) is 15.1. The number of para-hydroxylation sites is 1. The van der Waals surface area contributed by atoms with Crippen molar-refractivity contribution in [2.75, 3.05) is 12.0 Å². The molecule has 7 heteroatoms. The molecule has 1 amide bonds. The van der Waals surface area contributed by atoms with Crippen LogP contribution in [0.2, 0.25) is 0 Å². The first-order chi connectivity index (χ1) is 15.1. The summed E-state index contributed by atoms with van der Waals surface area (Å²) in [6, 6.07) is 19.8. The summed E-state index contributed by atoms with van der Waals surface area (Å²) in [6.07, 6.45) is 0. The molecule has 0 aliphatic carbocycles. The number of phenolic OH excluding ortho intramolecular Hbond substituents is 1. The molecule has 0 bridgehead atoms. The third-order valence-corrected chi connectivity index (χ3v) is 5.44. The lowest BCUT2D eigenvalue weighted by atomic mass is 9.95. The van der Waals surface area contributed by atoms with Gasteiger partial charge < -0.3 is 9.84 Å². The molecule has 0 spiro atoms. The number of phenols is 1. The quantitative estimate of drug-likeness (QED) is 0.507. The molecule has 2 N–H and O–H groups in total. The Morgan fingerprint density at radius 2 is 1.81 bits per heavy atom. The summed E-state index contributed by atoms with van der Waals surface area (Å²) in [5.41, 5.74) is 3.79. The molecule has 1 aliphatic rings. The van der Waals surface area contributed by atoms with E-state index in [4.69, 9.17) is 4.74 Å². The minimum atomic E-state index is -0.516. The number of benzene rings is 3. The van der Waals surface area contributed by atoms with Gasteiger partial charge in [0.25, 0.3) is 5.91 Å². The van der Waals surface area contributed by atoms with Gasteiger partial charge in [0.1, 0.15) is 11.5 Å². The van der Waals surface area contributed by atoms with Crippen molar-refractivity contribution in [3.05, 3.63) is 95.4 Å². The highest BCUT2D eigenvalue weighted by molar-refractivity contribution is 6.11. The fraction of sp³-hybridized carbons (Fsp3) is 0.0833. The van der Waals surface area contributed by atoms with Crippen molar-refractivity contribution in [2.24, 2.45) is 0 Å². The minimum Gasteiger partial charge on any atom is -0.504 e. The number of methoxy groups -OCH3 is 1. The number of halogens is 1. The molecule has 4 aromatic rings. The van der Waals surface area contributed by atoms with Gasteiger partial charge in [0, 0.05) is 16.8 Å². The highest BCUT2D eigenvalue weighted by Gasteiger charge is 2.43. The van der Waals surface area contributed by atoms with Crippen molar-refractivity contribution in [2.45, 2.75) is 6.04 Å². The maximum atomic E-state index is 13.5. The molecule has 0 unspecified atom stereocenters.